The maximum Gasteiger partial charge on any atom is 0.253 e. The largest absolute Gasteiger partial charge is 0.489 e. The summed E-state index contributed by atoms with van der Waals surface area (Å²) < 4.78 is 5.77. The van der Waals surface area contributed by atoms with Gasteiger partial charge < -0.3 is 15.0 Å². The van der Waals surface area contributed by atoms with Gasteiger partial charge in [-0.25, -0.2) is 0 Å². The molecule has 1 saturated heterocycles. The van der Waals surface area contributed by atoms with Gasteiger partial charge in [-0.1, -0.05) is 42.5 Å². The molecule has 0 aliphatic carbocycles. The van der Waals surface area contributed by atoms with Gasteiger partial charge in [-0.2, -0.15) is 0 Å². The standard InChI is InChI=1S/C26H26N2O3/c29-25(22-11-13-24(14-12-22)31-19-20-7-2-1-3-8-20)27-18-21-9-6-10-23(17-21)26(30)28-15-4-5-16-28/h1-3,6-14,17H,4-5,15-16,18-19H2,(H,27,29). The summed E-state index contributed by atoms with van der Waals surface area (Å²) in [5.41, 5.74) is 3.24. The van der Waals surface area contributed by atoms with Crippen LogP contribution in [0.15, 0.2) is 78.9 Å². The molecule has 31 heavy (non-hydrogen) atoms. The minimum Gasteiger partial charge on any atom is -0.489 e. The van der Waals surface area contributed by atoms with Crippen LogP contribution in [0.3, 0.4) is 0 Å². The molecule has 4 rings (SSSR count). The average molecular weight is 415 g/mol. The van der Waals surface area contributed by atoms with Crippen molar-refractivity contribution in [2.45, 2.75) is 26.0 Å². The van der Waals surface area contributed by atoms with Gasteiger partial charge in [0, 0.05) is 30.8 Å². The Balaban J connectivity index is 1.30. The number of likely N-dealkylation sites (tertiary alicyclic amines) is 1. The van der Waals surface area contributed by atoms with E-state index >= 15 is 0 Å². The predicted molar refractivity (Wildman–Crippen MR) is 120 cm³/mol. The van der Waals surface area contributed by atoms with E-state index in [4.69, 9.17) is 4.74 Å². The van der Waals surface area contributed by atoms with E-state index in [1.807, 2.05) is 59.5 Å². The zero-order valence-electron chi connectivity index (χ0n) is 17.4. The monoisotopic (exact) mass is 414 g/mol. The van der Waals surface area contributed by atoms with Gasteiger partial charge >= 0.3 is 0 Å². The van der Waals surface area contributed by atoms with E-state index < -0.39 is 0 Å². The molecule has 0 aromatic heterocycles. The van der Waals surface area contributed by atoms with Gasteiger partial charge in [-0.3, -0.25) is 9.59 Å². The molecule has 0 radical (unpaired) electrons. The predicted octanol–water partition coefficient (Wildman–Crippen LogP) is 4.43. The molecule has 0 bridgehead atoms. The normalized spacial score (nSPS) is 13.1. The summed E-state index contributed by atoms with van der Waals surface area (Å²) in [6.45, 7) is 2.50. The second kappa shape index (κ2) is 9.94. The lowest BCUT2D eigenvalue weighted by Gasteiger charge is -2.15. The lowest BCUT2D eigenvalue weighted by atomic mass is 10.1. The van der Waals surface area contributed by atoms with E-state index in [9.17, 15) is 9.59 Å². The molecule has 1 fully saturated rings. The smallest absolute Gasteiger partial charge is 0.253 e. The molecule has 2 amide bonds. The molecule has 0 saturated carbocycles. The third-order valence-electron chi connectivity index (χ3n) is 5.39. The molecule has 0 atom stereocenters. The van der Waals surface area contributed by atoms with Crippen LogP contribution in [0.1, 0.15) is 44.7 Å². The quantitative estimate of drug-likeness (QED) is 0.622. The second-order valence-electron chi connectivity index (χ2n) is 7.68. The van der Waals surface area contributed by atoms with E-state index in [0.717, 1.165) is 37.1 Å². The molecule has 0 spiro atoms. The summed E-state index contributed by atoms with van der Waals surface area (Å²) in [7, 11) is 0. The first-order valence-corrected chi connectivity index (χ1v) is 10.6. The fourth-order valence-corrected chi connectivity index (χ4v) is 3.64. The van der Waals surface area contributed by atoms with Crippen LogP contribution in [-0.2, 0) is 13.2 Å². The zero-order valence-corrected chi connectivity index (χ0v) is 17.4. The van der Waals surface area contributed by atoms with Crippen LogP contribution in [0.4, 0.5) is 0 Å². The van der Waals surface area contributed by atoms with Crippen LogP contribution in [0.2, 0.25) is 0 Å². The van der Waals surface area contributed by atoms with Crippen LogP contribution in [0, 0.1) is 0 Å². The Morgan fingerprint density at radius 1 is 0.806 bits per heavy atom. The van der Waals surface area contributed by atoms with Crippen LogP contribution in [0.25, 0.3) is 0 Å². The highest BCUT2D eigenvalue weighted by Gasteiger charge is 2.19. The molecule has 1 heterocycles. The van der Waals surface area contributed by atoms with Gasteiger partial charge in [0.25, 0.3) is 11.8 Å². The van der Waals surface area contributed by atoms with Gasteiger partial charge in [0.15, 0.2) is 0 Å². The number of nitrogens with zero attached hydrogens (tertiary/aromatic N) is 1. The molecule has 1 aliphatic rings. The Labute approximate surface area is 182 Å². The Kier molecular flexibility index (Phi) is 6.62. The third-order valence-corrected chi connectivity index (χ3v) is 5.39. The van der Waals surface area contributed by atoms with Crippen LogP contribution in [0.5, 0.6) is 5.75 Å². The molecule has 0 unspecified atom stereocenters. The molecule has 1 aliphatic heterocycles. The fraction of sp³-hybridized carbons (Fsp3) is 0.231. The number of ether oxygens (including phenoxy) is 1. The first-order valence-electron chi connectivity index (χ1n) is 10.6. The molecule has 3 aromatic carbocycles. The van der Waals surface area contributed by atoms with Crippen molar-refractivity contribution in [3.8, 4) is 5.75 Å². The van der Waals surface area contributed by atoms with Crippen molar-refractivity contribution in [1.29, 1.82) is 0 Å². The number of carbonyl (C=O) groups is 2. The topological polar surface area (TPSA) is 58.6 Å². The van der Waals surface area contributed by atoms with Crippen LogP contribution >= 0.6 is 0 Å². The van der Waals surface area contributed by atoms with Crippen molar-refractivity contribution in [2.24, 2.45) is 0 Å². The molecular weight excluding hydrogens is 388 g/mol. The van der Waals surface area contributed by atoms with E-state index in [-0.39, 0.29) is 11.8 Å². The number of amides is 2. The second-order valence-corrected chi connectivity index (χ2v) is 7.68. The van der Waals surface area contributed by atoms with Crippen molar-refractivity contribution in [1.82, 2.24) is 10.2 Å². The number of nitrogens with one attached hydrogen (secondary N) is 1. The molecule has 5 heteroatoms. The summed E-state index contributed by atoms with van der Waals surface area (Å²) in [5.74, 6) is 0.621. The lowest BCUT2D eigenvalue weighted by Crippen LogP contribution is -2.28. The van der Waals surface area contributed by atoms with Crippen molar-refractivity contribution < 1.29 is 14.3 Å². The maximum absolute atomic E-state index is 12.6. The van der Waals surface area contributed by atoms with Gasteiger partial charge in [0.05, 0.1) is 0 Å². The van der Waals surface area contributed by atoms with Gasteiger partial charge in [0.1, 0.15) is 12.4 Å². The van der Waals surface area contributed by atoms with Crippen molar-refractivity contribution in [3.63, 3.8) is 0 Å². The highest BCUT2D eigenvalue weighted by Crippen LogP contribution is 2.16. The zero-order chi connectivity index (χ0) is 21.5. The fourth-order valence-electron chi connectivity index (χ4n) is 3.64. The third kappa shape index (κ3) is 5.51. The minimum absolute atomic E-state index is 0.0665. The number of carbonyl (C=O) groups excluding carboxylic acids is 2. The first-order chi connectivity index (χ1) is 15.2. The number of hydrogen-bond donors (Lipinski definition) is 1. The summed E-state index contributed by atoms with van der Waals surface area (Å²) in [6, 6.07) is 24.5. The van der Waals surface area contributed by atoms with Crippen molar-refractivity contribution in [2.75, 3.05) is 13.1 Å². The molecule has 1 N–H and O–H groups in total. The highest BCUT2D eigenvalue weighted by atomic mass is 16.5. The van der Waals surface area contributed by atoms with E-state index in [1.165, 1.54) is 0 Å². The number of rotatable bonds is 7. The number of hydrogen-bond acceptors (Lipinski definition) is 3. The Morgan fingerprint density at radius 3 is 2.26 bits per heavy atom. The van der Waals surface area contributed by atoms with Crippen molar-refractivity contribution in [3.05, 3.63) is 101 Å². The first kappa shape index (κ1) is 20.7. The van der Waals surface area contributed by atoms with E-state index in [1.54, 1.807) is 24.3 Å². The minimum atomic E-state index is -0.161. The van der Waals surface area contributed by atoms with E-state index in [2.05, 4.69) is 5.32 Å². The lowest BCUT2D eigenvalue weighted by molar-refractivity contribution is 0.0792. The molecule has 5 nitrogen and oxygen atoms in total. The van der Waals surface area contributed by atoms with Gasteiger partial charge in [-0.15, -0.1) is 0 Å². The number of benzene rings is 3. The highest BCUT2D eigenvalue weighted by molar-refractivity contribution is 5.95. The van der Waals surface area contributed by atoms with Crippen molar-refractivity contribution >= 4 is 11.8 Å². The molecular formula is C26H26N2O3. The summed E-state index contributed by atoms with van der Waals surface area (Å²) in [6.07, 6.45) is 2.13. The van der Waals surface area contributed by atoms with E-state index in [0.29, 0.717) is 30.0 Å². The molecule has 3 aromatic rings. The summed E-state index contributed by atoms with van der Waals surface area (Å²) in [4.78, 5) is 27.0. The summed E-state index contributed by atoms with van der Waals surface area (Å²) in [5, 5.41) is 2.92. The van der Waals surface area contributed by atoms with Crippen LogP contribution in [-0.4, -0.2) is 29.8 Å². The average Bonchev–Trinajstić information content (AvgIpc) is 3.37. The molecule has 158 valence electrons. The Morgan fingerprint density at radius 2 is 1.52 bits per heavy atom. The van der Waals surface area contributed by atoms with Gasteiger partial charge in [-0.05, 0) is 60.4 Å². The maximum atomic E-state index is 12.6. The Hall–Kier alpha value is -3.60. The van der Waals surface area contributed by atoms with Gasteiger partial charge in [0.2, 0.25) is 0 Å². The summed E-state index contributed by atoms with van der Waals surface area (Å²) >= 11 is 0. The van der Waals surface area contributed by atoms with Crippen LogP contribution < -0.4 is 10.1 Å². The Bertz CT molecular complexity index is 1030. The SMILES string of the molecule is O=C(NCc1cccc(C(=O)N2CCCC2)c1)c1ccc(OCc2ccccc2)cc1.